The van der Waals surface area contributed by atoms with Crippen molar-refractivity contribution < 1.29 is 40.2 Å². The van der Waals surface area contributed by atoms with Gasteiger partial charge in [-0.2, -0.15) is 0 Å². The van der Waals surface area contributed by atoms with Crippen LogP contribution in [0.25, 0.3) is 16.8 Å². The molecule has 3 unspecified atom stereocenters. The predicted molar refractivity (Wildman–Crippen MR) is 117 cm³/mol. The highest BCUT2D eigenvalue weighted by molar-refractivity contribution is 6.00. The van der Waals surface area contributed by atoms with E-state index in [1.165, 1.54) is 19.1 Å². The molecule has 1 fully saturated rings. The van der Waals surface area contributed by atoms with Crippen LogP contribution in [0.3, 0.4) is 0 Å². The summed E-state index contributed by atoms with van der Waals surface area (Å²) in [7, 11) is 0. The first-order valence-corrected chi connectivity index (χ1v) is 10.5. The van der Waals surface area contributed by atoms with Gasteiger partial charge in [0.15, 0.2) is 10.8 Å². The molecule has 0 aliphatic heterocycles. The summed E-state index contributed by atoms with van der Waals surface area (Å²) >= 11 is 0. The van der Waals surface area contributed by atoms with Gasteiger partial charge in [0.25, 0.3) is 0 Å². The summed E-state index contributed by atoms with van der Waals surface area (Å²) in [5.74, 6) is -4.14. The van der Waals surface area contributed by atoms with Crippen molar-refractivity contribution in [3.63, 3.8) is 0 Å². The standard InChI is InChI=1S/C24H24O9/c1-23(33)13-8-12-6-11(10-24(4-5-25,21(29)30)22(31)32)7-17(27)19-16(26)3-2-14(18(12)19)15(9-13)20(23)28/h2-3,6-8,15,20,25-26,28,33H,4-5,9-10H2,1H3,(H,29,30)(H,31,32). The lowest BCUT2D eigenvalue weighted by molar-refractivity contribution is -0.166. The topological polar surface area (TPSA) is 173 Å². The smallest absolute Gasteiger partial charge is 0.321 e. The molecule has 33 heavy (non-hydrogen) atoms. The predicted octanol–water partition coefficient (Wildman–Crippen LogP) is 0.982. The number of aromatic hydroxyl groups is 1. The molecule has 6 N–H and O–H groups in total. The lowest BCUT2D eigenvalue weighted by Gasteiger charge is -2.27. The number of rotatable bonds is 6. The van der Waals surface area contributed by atoms with Crippen LogP contribution in [0.5, 0.6) is 5.75 Å². The Bertz CT molecular complexity index is 1260. The average Bonchev–Trinajstić information content (AvgIpc) is 2.86. The molecule has 2 aliphatic rings. The summed E-state index contributed by atoms with van der Waals surface area (Å²) in [6.07, 6.45) is -0.377. The number of carbonyl (C=O) groups is 2. The van der Waals surface area contributed by atoms with Crippen molar-refractivity contribution in [1.29, 1.82) is 0 Å². The van der Waals surface area contributed by atoms with Crippen LogP contribution >= 0.6 is 0 Å². The fourth-order valence-corrected chi connectivity index (χ4v) is 5.14. The van der Waals surface area contributed by atoms with Crippen LogP contribution in [-0.4, -0.2) is 60.9 Å². The fraction of sp³-hybridized carbons (Fsp3) is 0.375. The summed E-state index contributed by atoms with van der Waals surface area (Å²) in [5, 5.41) is 61.1. The largest absolute Gasteiger partial charge is 0.507 e. The molecular weight excluding hydrogens is 432 g/mol. The van der Waals surface area contributed by atoms with Crippen molar-refractivity contribution >= 4 is 28.8 Å². The molecule has 1 saturated carbocycles. The first-order chi connectivity index (χ1) is 15.4. The molecule has 0 radical (unpaired) electrons. The Kier molecular flexibility index (Phi) is 5.31. The highest BCUT2D eigenvalue weighted by Crippen LogP contribution is 2.50. The molecule has 0 heterocycles. The van der Waals surface area contributed by atoms with E-state index < -0.39 is 59.9 Å². The van der Waals surface area contributed by atoms with E-state index in [1.54, 1.807) is 12.1 Å². The first kappa shape index (κ1) is 22.9. The van der Waals surface area contributed by atoms with Crippen LogP contribution in [0.4, 0.5) is 0 Å². The highest BCUT2D eigenvalue weighted by Gasteiger charge is 2.49. The molecule has 174 valence electrons. The average molecular weight is 456 g/mol. The van der Waals surface area contributed by atoms with Crippen LogP contribution in [0.2, 0.25) is 0 Å². The summed E-state index contributed by atoms with van der Waals surface area (Å²) in [4.78, 5) is 37.0. The number of carboxylic acid groups (broad SMARTS) is 2. The Hall–Kier alpha value is -3.27. The number of benzene rings is 1. The van der Waals surface area contributed by atoms with Crippen LogP contribution in [-0.2, 0) is 16.0 Å². The second-order valence-corrected chi connectivity index (χ2v) is 9.02. The molecule has 3 atom stereocenters. The van der Waals surface area contributed by atoms with Crippen LogP contribution in [0.15, 0.2) is 34.6 Å². The van der Waals surface area contributed by atoms with E-state index in [4.69, 9.17) is 0 Å². The lowest BCUT2D eigenvalue weighted by Crippen LogP contribution is -2.42. The molecule has 0 saturated heterocycles. The Morgan fingerprint density at radius 1 is 1.15 bits per heavy atom. The van der Waals surface area contributed by atoms with Gasteiger partial charge < -0.3 is 30.6 Å². The minimum atomic E-state index is -2.36. The third-order valence-corrected chi connectivity index (χ3v) is 7.05. The molecule has 9 nitrogen and oxygen atoms in total. The van der Waals surface area contributed by atoms with Crippen molar-refractivity contribution in [2.24, 2.45) is 5.41 Å². The van der Waals surface area contributed by atoms with Gasteiger partial charge in [0.1, 0.15) is 11.4 Å². The van der Waals surface area contributed by atoms with E-state index in [2.05, 4.69) is 0 Å². The molecule has 4 rings (SSSR count). The quantitative estimate of drug-likeness (QED) is 0.346. The van der Waals surface area contributed by atoms with E-state index in [0.29, 0.717) is 28.5 Å². The third-order valence-electron chi connectivity index (χ3n) is 7.05. The number of carboxylic acids is 2. The van der Waals surface area contributed by atoms with Crippen molar-refractivity contribution in [3.8, 4) is 5.75 Å². The van der Waals surface area contributed by atoms with Gasteiger partial charge in [-0.05, 0) is 60.6 Å². The Morgan fingerprint density at radius 2 is 1.82 bits per heavy atom. The monoisotopic (exact) mass is 456 g/mol. The highest BCUT2D eigenvalue weighted by atomic mass is 16.4. The van der Waals surface area contributed by atoms with Gasteiger partial charge in [0.2, 0.25) is 0 Å². The van der Waals surface area contributed by atoms with Crippen molar-refractivity contribution in [3.05, 3.63) is 56.8 Å². The number of fused-ring (bicyclic) bond motifs is 3. The van der Waals surface area contributed by atoms with E-state index in [1.807, 2.05) is 0 Å². The molecule has 0 amide bonds. The molecule has 9 heteroatoms. The third kappa shape index (κ3) is 3.31. The van der Waals surface area contributed by atoms with Gasteiger partial charge >= 0.3 is 11.9 Å². The van der Waals surface area contributed by atoms with Gasteiger partial charge in [-0.1, -0.05) is 18.2 Å². The van der Waals surface area contributed by atoms with Gasteiger partial charge in [0.05, 0.1) is 11.5 Å². The van der Waals surface area contributed by atoms with Gasteiger partial charge in [-0.3, -0.25) is 14.4 Å². The zero-order chi connectivity index (χ0) is 24.3. The minimum Gasteiger partial charge on any atom is -0.507 e. The van der Waals surface area contributed by atoms with E-state index in [9.17, 15) is 45.0 Å². The number of hydrogen-bond donors (Lipinski definition) is 6. The van der Waals surface area contributed by atoms with Crippen molar-refractivity contribution in [2.45, 2.75) is 43.8 Å². The second kappa shape index (κ2) is 7.65. The maximum atomic E-state index is 13.1. The Balaban J connectivity index is 2.06. The Labute approximate surface area is 187 Å². The molecular formula is C24H24O9. The number of aliphatic carboxylic acids is 2. The summed E-state index contributed by atoms with van der Waals surface area (Å²) in [6.45, 7) is 0.796. The second-order valence-electron chi connectivity index (χ2n) is 9.02. The van der Waals surface area contributed by atoms with Crippen LogP contribution in [0.1, 0.15) is 42.4 Å². The molecule has 2 aromatic rings. The number of phenolic OH excluding ortho intramolecular Hbond substituents is 1. The van der Waals surface area contributed by atoms with Crippen molar-refractivity contribution in [1.82, 2.24) is 0 Å². The summed E-state index contributed by atoms with van der Waals surface area (Å²) < 4.78 is 0. The number of phenols is 1. The first-order valence-electron chi connectivity index (χ1n) is 10.5. The Morgan fingerprint density at radius 3 is 2.42 bits per heavy atom. The minimum absolute atomic E-state index is 0.0385. The van der Waals surface area contributed by atoms with E-state index in [-0.39, 0.29) is 16.7 Å². The van der Waals surface area contributed by atoms with Crippen molar-refractivity contribution in [2.75, 3.05) is 6.61 Å². The van der Waals surface area contributed by atoms with Crippen LogP contribution in [0, 0.1) is 5.41 Å². The fourth-order valence-electron chi connectivity index (χ4n) is 5.14. The summed E-state index contributed by atoms with van der Waals surface area (Å²) in [6, 6.07) is 5.47. The summed E-state index contributed by atoms with van der Waals surface area (Å²) in [5.41, 5.74) is -3.01. The number of aliphatic hydroxyl groups excluding tert-OH is 2. The maximum Gasteiger partial charge on any atom is 0.321 e. The van der Waals surface area contributed by atoms with Crippen LogP contribution < -0.4 is 5.43 Å². The van der Waals surface area contributed by atoms with Gasteiger partial charge in [-0.15, -0.1) is 0 Å². The molecule has 2 bridgehead atoms. The zero-order valence-electron chi connectivity index (χ0n) is 17.8. The zero-order valence-corrected chi connectivity index (χ0v) is 17.8. The number of hydrogen-bond acceptors (Lipinski definition) is 7. The number of aliphatic hydroxyl groups is 3. The lowest BCUT2D eigenvalue weighted by atomic mass is 9.79. The molecule has 2 aliphatic carbocycles. The normalized spacial score (nSPS) is 23.8. The van der Waals surface area contributed by atoms with Gasteiger partial charge in [-0.25, -0.2) is 0 Å². The molecule has 0 aromatic heterocycles. The SMILES string of the molecule is CC1(O)C2=Cc3cc(CC(CCO)(C(=O)O)C(=O)O)cc(=O)c4c(O)ccc(c34)C(C2)C1O. The van der Waals surface area contributed by atoms with E-state index in [0.717, 1.165) is 6.07 Å². The van der Waals surface area contributed by atoms with E-state index >= 15 is 0 Å². The maximum absolute atomic E-state index is 13.1. The van der Waals surface area contributed by atoms with Gasteiger partial charge in [0, 0.05) is 17.9 Å². The molecule has 2 aromatic carbocycles. The molecule has 0 spiro atoms.